The Balaban J connectivity index is 3.18. The zero-order valence-corrected chi connectivity index (χ0v) is 10.7. The summed E-state index contributed by atoms with van der Waals surface area (Å²) in [6.07, 6.45) is 6.60. The molecule has 0 radical (unpaired) electrons. The van der Waals surface area contributed by atoms with Gasteiger partial charge in [0.1, 0.15) is 0 Å². The van der Waals surface area contributed by atoms with Crippen molar-refractivity contribution in [3.63, 3.8) is 0 Å². The van der Waals surface area contributed by atoms with Gasteiger partial charge >= 0.3 is 5.97 Å². The summed E-state index contributed by atoms with van der Waals surface area (Å²) < 4.78 is 0. The number of carbonyl (C=O) groups is 1. The molecule has 0 spiro atoms. The van der Waals surface area contributed by atoms with Gasteiger partial charge in [0.2, 0.25) is 0 Å². The van der Waals surface area contributed by atoms with E-state index in [1.54, 1.807) is 6.08 Å². The van der Waals surface area contributed by atoms with Crippen molar-refractivity contribution in [1.29, 1.82) is 0 Å². The summed E-state index contributed by atoms with van der Waals surface area (Å²) in [4.78, 5) is 11.5. The highest BCUT2D eigenvalue weighted by atomic mass is 16.4. The van der Waals surface area contributed by atoms with Crippen LogP contribution in [0.25, 0.3) is 0 Å². The summed E-state index contributed by atoms with van der Waals surface area (Å²) in [5.41, 5.74) is -1.21. The zero-order chi connectivity index (χ0) is 12.6. The van der Waals surface area contributed by atoms with Crippen LogP contribution in [0.3, 0.4) is 0 Å². The second-order valence-corrected chi connectivity index (χ2v) is 5.60. The largest absolute Gasteiger partial charge is 0.481 e. The van der Waals surface area contributed by atoms with Gasteiger partial charge in [-0.15, -0.1) is 6.58 Å². The minimum atomic E-state index is -0.752. The van der Waals surface area contributed by atoms with Gasteiger partial charge in [-0.3, -0.25) is 4.79 Å². The van der Waals surface area contributed by atoms with Gasteiger partial charge in [-0.05, 0) is 25.2 Å². The van der Waals surface area contributed by atoms with Gasteiger partial charge in [0, 0.05) is 5.41 Å². The van der Waals surface area contributed by atoms with E-state index >= 15 is 0 Å². The standard InChI is InChI=1S/C14H22O2/c1-6-13(4)8-7-11(10(2)3)9-14(13,5)12(15)16/h6-8,10-11H,1,9H2,2-5H3,(H,15,16)/t11?,13?,14-/m1/s1. The van der Waals surface area contributed by atoms with E-state index in [9.17, 15) is 9.90 Å². The number of aliphatic carboxylic acids is 1. The molecule has 0 aromatic heterocycles. The first-order valence-electron chi connectivity index (χ1n) is 5.83. The number of rotatable bonds is 3. The number of hydrogen-bond acceptors (Lipinski definition) is 1. The molecule has 2 heteroatoms. The maximum Gasteiger partial charge on any atom is 0.310 e. The predicted octanol–water partition coefficient (Wildman–Crippen LogP) is 3.50. The molecule has 2 nitrogen and oxygen atoms in total. The maximum atomic E-state index is 11.5. The summed E-state index contributed by atoms with van der Waals surface area (Å²) in [6, 6.07) is 0. The van der Waals surface area contributed by atoms with Gasteiger partial charge in [0.15, 0.2) is 0 Å². The SMILES string of the molecule is C=CC1(C)C=CC(C(C)C)C[C@]1(C)C(=O)O. The van der Waals surface area contributed by atoms with E-state index in [4.69, 9.17) is 0 Å². The molecular weight excluding hydrogens is 200 g/mol. The molecule has 1 rings (SSSR count). The molecule has 0 amide bonds. The molecule has 1 N–H and O–H groups in total. The summed E-state index contributed by atoms with van der Waals surface area (Å²) in [5, 5.41) is 9.48. The van der Waals surface area contributed by atoms with Gasteiger partial charge in [-0.1, -0.05) is 39.0 Å². The van der Waals surface area contributed by atoms with Crippen LogP contribution in [-0.4, -0.2) is 11.1 Å². The number of allylic oxidation sites excluding steroid dienone is 3. The van der Waals surface area contributed by atoms with Crippen LogP contribution >= 0.6 is 0 Å². The van der Waals surface area contributed by atoms with E-state index in [1.807, 2.05) is 19.9 Å². The van der Waals surface area contributed by atoms with E-state index in [-0.39, 0.29) is 0 Å². The van der Waals surface area contributed by atoms with E-state index < -0.39 is 16.8 Å². The molecule has 0 aromatic rings. The van der Waals surface area contributed by atoms with Crippen molar-refractivity contribution in [3.05, 3.63) is 24.8 Å². The van der Waals surface area contributed by atoms with Crippen LogP contribution < -0.4 is 0 Å². The second kappa shape index (κ2) is 4.08. The molecule has 90 valence electrons. The van der Waals surface area contributed by atoms with Crippen LogP contribution in [-0.2, 0) is 4.79 Å². The van der Waals surface area contributed by atoms with Gasteiger partial charge in [0.05, 0.1) is 5.41 Å². The van der Waals surface area contributed by atoms with Crippen LogP contribution in [0.2, 0.25) is 0 Å². The Labute approximate surface area is 98.1 Å². The molecule has 0 saturated heterocycles. The summed E-state index contributed by atoms with van der Waals surface area (Å²) >= 11 is 0. The van der Waals surface area contributed by atoms with Crippen molar-refractivity contribution in [3.8, 4) is 0 Å². The molecule has 1 aliphatic rings. The number of carboxylic acid groups (broad SMARTS) is 1. The average Bonchev–Trinajstić information content (AvgIpc) is 2.21. The molecule has 2 unspecified atom stereocenters. The lowest BCUT2D eigenvalue weighted by Crippen LogP contribution is -2.45. The third-order valence-corrected chi connectivity index (χ3v) is 4.27. The fourth-order valence-electron chi connectivity index (χ4n) is 2.34. The Bertz CT molecular complexity index is 330. The molecule has 3 atom stereocenters. The van der Waals surface area contributed by atoms with Gasteiger partial charge in [-0.2, -0.15) is 0 Å². The molecule has 0 fully saturated rings. The van der Waals surface area contributed by atoms with E-state index in [1.165, 1.54) is 0 Å². The smallest absolute Gasteiger partial charge is 0.310 e. The summed E-state index contributed by atoms with van der Waals surface area (Å²) in [7, 11) is 0. The van der Waals surface area contributed by atoms with Crippen molar-refractivity contribution in [2.24, 2.45) is 22.7 Å². The minimum absolute atomic E-state index is 0.342. The fourth-order valence-corrected chi connectivity index (χ4v) is 2.34. The Hall–Kier alpha value is -1.05. The highest BCUT2D eigenvalue weighted by Crippen LogP contribution is 2.50. The van der Waals surface area contributed by atoms with Crippen molar-refractivity contribution in [1.82, 2.24) is 0 Å². The molecule has 0 saturated carbocycles. The highest BCUT2D eigenvalue weighted by Gasteiger charge is 2.50. The monoisotopic (exact) mass is 222 g/mol. The lowest BCUT2D eigenvalue weighted by Gasteiger charge is -2.45. The van der Waals surface area contributed by atoms with Crippen molar-refractivity contribution < 1.29 is 9.90 Å². The van der Waals surface area contributed by atoms with Gasteiger partial charge in [0.25, 0.3) is 0 Å². The maximum absolute atomic E-state index is 11.5. The predicted molar refractivity (Wildman–Crippen MR) is 66.1 cm³/mol. The summed E-state index contributed by atoms with van der Waals surface area (Å²) in [5.74, 6) is 0.0864. The first kappa shape index (κ1) is 13.0. The minimum Gasteiger partial charge on any atom is -0.481 e. The third kappa shape index (κ3) is 1.81. The van der Waals surface area contributed by atoms with E-state index in [2.05, 4.69) is 26.5 Å². The van der Waals surface area contributed by atoms with E-state index in [0.29, 0.717) is 18.3 Å². The Kier molecular flexibility index (Phi) is 3.32. The van der Waals surface area contributed by atoms with E-state index in [0.717, 1.165) is 0 Å². The lowest BCUT2D eigenvalue weighted by atomic mass is 9.57. The molecule has 16 heavy (non-hydrogen) atoms. The van der Waals surface area contributed by atoms with Crippen LogP contribution in [0.4, 0.5) is 0 Å². The van der Waals surface area contributed by atoms with Gasteiger partial charge < -0.3 is 5.11 Å². The molecule has 1 aliphatic carbocycles. The Morgan fingerprint density at radius 3 is 2.50 bits per heavy atom. The second-order valence-electron chi connectivity index (χ2n) is 5.60. The van der Waals surface area contributed by atoms with Crippen molar-refractivity contribution in [2.45, 2.75) is 34.1 Å². The van der Waals surface area contributed by atoms with Crippen molar-refractivity contribution in [2.75, 3.05) is 0 Å². The van der Waals surface area contributed by atoms with Crippen molar-refractivity contribution >= 4 is 5.97 Å². The molecule has 0 heterocycles. The first-order valence-corrected chi connectivity index (χ1v) is 5.83. The molecular formula is C14H22O2. The number of carboxylic acids is 1. The lowest BCUT2D eigenvalue weighted by molar-refractivity contribution is -0.154. The fraction of sp³-hybridized carbons (Fsp3) is 0.643. The Morgan fingerprint density at radius 1 is 1.56 bits per heavy atom. The number of hydrogen-bond donors (Lipinski definition) is 1. The first-order chi connectivity index (χ1) is 7.27. The molecule has 0 bridgehead atoms. The van der Waals surface area contributed by atoms with Crippen LogP contribution in [0.5, 0.6) is 0 Å². The zero-order valence-electron chi connectivity index (χ0n) is 10.7. The topological polar surface area (TPSA) is 37.3 Å². The highest BCUT2D eigenvalue weighted by molar-refractivity contribution is 5.76. The third-order valence-electron chi connectivity index (χ3n) is 4.27. The molecule has 0 aromatic carbocycles. The summed E-state index contributed by atoms with van der Waals surface area (Å²) in [6.45, 7) is 11.8. The average molecular weight is 222 g/mol. The quantitative estimate of drug-likeness (QED) is 0.742. The van der Waals surface area contributed by atoms with Gasteiger partial charge in [-0.25, -0.2) is 0 Å². The van der Waals surface area contributed by atoms with Crippen LogP contribution in [0, 0.1) is 22.7 Å². The Morgan fingerprint density at radius 2 is 2.12 bits per heavy atom. The van der Waals surface area contributed by atoms with Crippen LogP contribution in [0.1, 0.15) is 34.1 Å². The normalized spacial score (nSPS) is 38.7. The van der Waals surface area contributed by atoms with Crippen LogP contribution in [0.15, 0.2) is 24.8 Å². The molecule has 0 aliphatic heterocycles.